The number of hydrogen-bond donors (Lipinski definition) is 2. The van der Waals surface area contributed by atoms with Gasteiger partial charge in [0.15, 0.2) is 0 Å². The van der Waals surface area contributed by atoms with E-state index in [0.717, 1.165) is 5.56 Å². The summed E-state index contributed by atoms with van der Waals surface area (Å²) >= 11 is 11.9. The van der Waals surface area contributed by atoms with Gasteiger partial charge in [-0.2, -0.15) is 0 Å². The second-order valence-corrected chi connectivity index (χ2v) is 5.55. The van der Waals surface area contributed by atoms with Gasteiger partial charge in [0.2, 0.25) is 5.91 Å². The second-order valence-electron chi connectivity index (χ2n) is 4.71. The van der Waals surface area contributed by atoms with E-state index in [9.17, 15) is 9.90 Å². The Morgan fingerprint density at radius 1 is 1.14 bits per heavy atom. The fourth-order valence-corrected chi connectivity index (χ4v) is 2.22. The van der Waals surface area contributed by atoms with E-state index in [1.54, 1.807) is 36.4 Å². The second kappa shape index (κ2) is 7.87. The number of aromatic hydroxyl groups is 1. The SMILES string of the molecule is O=C(C=Cc1cc(Cl)ccc1Cl)NCCc1ccc(O)cc1. The van der Waals surface area contributed by atoms with Crippen LogP contribution in [0.3, 0.4) is 0 Å². The number of amides is 1. The van der Waals surface area contributed by atoms with Crippen LogP contribution in [-0.2, 0) is 11.2 Å². The lowest BCUT2D eigenvalue weighted by atomic mass is 10.1. The summed E-state index contributed by atoms with van der Waals surface area (Å²) in [6, 6.07) is 12.0. The Morgan fingerprint density at radius 2 is 1.86 bits per heavy atom. The lowest BCUT2D eigenvalue weighted by molar-refractivity contribution is -0.116. The molecule has 114 valence electrons. The van der Waals surface area contributed by atoms with Crippen molar-refractivity contribution in [3.8, 4) is 5.75 Å². The van der Waals surface area contributed by atoms with Gasteiger partial charge in [-0.1, -0.05) is 35.3 Å². The Balaban J connectivity index is 1.83. The first-order valence-corrected chi connectivity index (χ1v) is 7.49. The highest BCUT2D eigenvalue weighted by Gasteiger charge is 2.00. The lowest BCUT2D eigenvalue weighted by Gasteiger charge is -2.03. The van der Waals surface area contributed by atoms with Crippen LogP contribution in [0, 0.1) is 0 Å². The van der Waals surface area contributed by atoms with Crippen LogP contribution < -0.4 is 5.32 Å². The molecule has 0 heterocycles. The first-order chi connectivity index (χ1) is 10.5. The van der Waals surface area contributed by atoms with Gasteiger partial charge in [-0.15, -0.1) is 0 Å². The molecular formula is C17H15Cl2NO2. The van der Waals surface area contributed by atoms with Crippen molar-refractivity contribution in [3.63, 3.8) is 0 Å². The lowest BCUT2D eigenvalue weighted by Crippen LogP contribution is -2.23. The summed E-state index contributed by atoms with van der Waals surface area (Å²) in [6.07, 6.45) is 3.75. The van der Waals surface area contributed by atoms with E-state index in [4.69, 9.17) is 23.2 Å². The number of phenolic OH excluding ortho intramolecular Hbond substituents is 1. The molecule has 2 rings (SSSR count). The molecule has 5 heteroatoms. The number of hydrogen-bond acceptors (Lipinski definition) is 2. The summed E-state index contributed by atoms with van der Waals surface area (Å²) in [6.45, 7) is 0.511. The average molecular weight is 336 g/mol. The third-order valence-corrected chi connectivity index (χ3v) is 3.60. The first kappa shape index (κ1) is 16.4. The molecule has 0 aliphatic rings. The molecule has 3 nitrogen and oxygen atoms in total. The van der Waals surface area contributed by atoms with Crippen molar-refractivity contribution in [2.45, 2.75) is 6.42 Å². The molecule has 0 saturated carbocycles. The van der Waals surface area contributed by atoms with Gasteiger partial charge in [-0.3, -0.25) is 4.79 Å². The molecule has 0 saturated heterocycles. The van der Waals surface area contributed by atoms with E-state index in [1.807, 2.05) is 12.1 Å². The zero-order chi connectivity index (χ0) is 15.9. The molecule has 0 fully saturated rings. The molecule has 0 radical (unpaired) electrons. The van der Waals surface area contributed by atoms with Crippen molar-refractivity contribution >= 4 is 35.2 Å². The maximum atomic E-state index is 11.7. The molecule has 0 bridgehead atoms. The predicted molar refractivity (Wildman–Crippen MR) is 90.3 cm³/mol. The maximum Gasteiger partial charge on any atom is 0.244 e. The summed E-state index contributed by atoms with van der Waals surface area (Å²) in [5.41, 5.74) is 1.74. The van der Waals surface area contributed by atoms with Crippen molar-refractivity contribution in [2.75, 3.05) is 6.54 Å². The van der Waals surface area contributed by atoms with Crippen LogP contribution in [-0.4, -0.2) is 17.6 Å². The minimum absolute atomic E-state index is 0.199. The summed E-state index contributed by atoms with van der Waals surface area (Å²) in [4.78, 5) is 11.7. The van der Waals surface area contributed by atoms with Crippen LogP contribution in [0.15, 0.2) is 48.5 Å². The third-order valence-electron chi connectivity index (χ3n) is 3.02. The predicted octanol–water partition coefficient (Wildman–Crippen LogP) is 4.07. The van der Waals surface area contributed by atoms with E-state index >= 15 is 0 Å². The van der Waals surface area contributed by atoms with Crippen LogP contribution in [0.5, 0.6) is 5.75 Å². The largest absolute Gasteiger partial charge is 0.508 e. The Kier molecular flexibility index (Phi) is 5.87. The molecule has 0 spiro atoms. The van der Waals surface area contributed by atoms with Gasteiger partial charge < -0.3 is 10.4 Å². The van der Waals surface area contributed by atoms with Gasteiger partial charge in [-0.25, -0.2) is 0 Å². The van der Waals surface area contributed by atoms with Crippen molar-refractivity contribution in [2.24, 2.45) is 0 Å². The third kappa shape index (κ3) is 5.10. The minimum atomic E-state index is -0.199. The number of carbonyl (C=O) groups is 1. The van der Waals surface area contributed by atoms with Crippen LogP contribution >= 0.6 is 23.2 Å². The van der Waals surface area contributed by atoms with E-state index in [2.05, 4.69) is 5.32 Å². The minimum Gasteiger partial charge on any atom is -0.508 e. The number of nitrogens with one attached hydrogen (secondary N) is 1. The highest BCUT2D eigenvalue weighted by molar-refractivity contribution is 6.34. The van der Waals surface area contributed by atoms with Crippen LogP contribution in [0.1, 0.15) is 11.1 Å². The molecule has 2 aromatic carbocycles. The fraction of sp³-hybridized carbons (Fsp3) is 0.118. The van der Waals surface area contributed by atoms with Gasteiger partial charge in [0.05, 0.1) is 0 Å². The smallest absolute Gasteiger partial charge is 0.244 e. The standard InChI is InChI=1S/C17H15Cl2NO2/c18-14-4-7-16(19)13(11-14)3-8-17(22)20-10-9-12-1-5-15(21)6-2-12/h1-8,11,21H,9-10H2,(H,20,22). The van der Waals surface area contributed by atoms with Crippen molar-refractivity contribution in [1.29, 1.82) is 0 Å². The molecule has 2 N–H and O–H groups in total. The van der Waals surface area contributed by atoms with Gasteiger partial charge >= 0.3 is 0 Å². The zero-order valence-corrected chi connectivity index (χ0v) is 13.2. The van der Waals surface area contributed by atoms with E-state index in [0.29, 0.717) is 28.6 Å². The average Bonchev–Trinajstić information content (AvgIpc) is 2.50. The van der Waals surface area contributed by atoms with Crippen molar-refractivity contribution in [3.05, 3.63) is 69.7 Å². The van der Waals surface area contributed by atoms with Crippen LogP contribution in [0.2, 0.25) is 10.0 Å². The number of benzene rings is 2. The molecule has 0 aliphatic carbocycles. The number of rotatable bonds is 5. The quantitative estimate of drug-likeness (QED) is 0.809. The molecule has 0 aliphatic heterocycles. The molecule has 1 amide bonds. The van der Waals surface area contributed by atoms with Crippen molar-refractivity contribution < 1.29 is 9.90 Å². The topological polar surface area (TPSA) is 49.3 Å². The van der Waals surface area contributed by atoms with E-state index in [-0.39, 0.29) is 11.7 Å². The summed E-state index contributed by atoms with van der Waals surface area (Å²) in [7, 11) is 0. The zero-order valence-electron chi connectivity index (χ0n) is 11.7. The molecule has 22 heavy (non-hydrogen) atoms. The van der Waals surface area contributed by atoms with E-state index in [1.165, 1.54) is 6.08 Å². The molecule has 2 aromatic rings. The summed E-state index contributed by atoms with van der Waals surface area (Å²) in [5.74, 6) is 0.0314. The fourth-order valence-electron chi connectivity index (χ4n) is 1.86. The van der Waals surface area contributed by atoms with E-state index < -0.39 is 0 Å². The van der Waals surface area contributed by atoms with Gasteiger partial charge in [0.1, 0.15) is 5.75 Å². The van der Waals surface area contributed by atoms with Gasteiger partial charge in [0, 0.05) is 22.7 Å². The first-order valence-electron chi connectivity index (χ1n) is 6.73. The number of phenols is 1. The Labute approximate surface area is 139 Å². The van der Waals surface area contributed by atoms with Crippen LogP contribution in [0.25, 0.3) is 6.08 Å². The summed E-state index contributed by atoms with van der Waals surface area (Å²) in [5, 5.41) is 13.1. The molecule has 0 atom stereocenters. The molecule has 0 unspecified atom stereocenters. The van der Waals surface area contributed by atoms with Gasteiger partial charge in [-0.05, 0) is 54.0 Å². The molecule has 0 aromatic heterocycles. The Bertz CT molecular complexity index is 682. The maximum absolute atomic E-state index is 11.7. The molecular weight excluding hydrogens is 321 g/mol. The van der Waals surface area contributed by atoms with Gasteiger partial charge in [0.25, 0.3) is 0 Å². The van der Waals surface area contributed by atoms with Crippen LogP contribution in [0.4, 0.5) is 0 Å². The normalized spacial score (nSPS) is 10.8. The Hall–Kier alpha value is -1.97. The highest BCUT2D eigenvalue weighted by Crippen LogP contribution is 2.21. The highest BCUT2D eigenvalue weighted by atomic mass is 35.5. The van der Waals surface area contributed by atoms with Crippen molar-refractivity contribution in [1.82, 2.24) is 5.32 Å². The monoisotopic (exact) mass is 335 g/mol. The Morgan fingerprint density at radius 3 is 2.59 bits per heavy atom. The number of halogens is 2. The number of carbonyl (C=O) groups excluding carboxylic acids is 1. The summed E-state index contributed by atoms with van der Waals surface area (Å²) < 4.78 is 0.